The molecule has 0 unspecified atom stereocenters. The van der Waals surface area contributed by atoms with E-state index in [-0.39, 0.29) is 37.7 Å². The maximum atomic E-state index is 12.1. The Morgan fingerprint density at radius 1 is 0.909 bits per heavy atom. The van der Waals surface area contributed by atoms with Crippen molar-refractivity contribution in [3.63, 3.8) is 0 Å². The lowest BCUT2D eigenvalue weighted by Crippen LogP contribution is -2.49. The second-order valence-corrected chi connectivity index (χ2v) is 7.76. The van der Waals surface area contributed by atoms with Gasteiger partial charge >= 0.3 is 5.97 Å². The van der Waals surface area contributed by atoms with Crippen molar-refractivity contribution in [2.75, 3.05) is 19.7 Å². The summed E-state index contributed by atoms with van der Waals surface area (Å²) in [5.41, 5.74) is 0. The maximum absolute atomic E-state index is 12.1. The van der Waals surface area contributed by atoms with Gasteiger partial charge in [0.25, 0.3) is 11.8 Å². The Balaban J connectivity index is 2.15. The number of amides is 5. The predicted molar refractivity (Wildman–Crippen MR) is 118 cm³/mol. The molecule has 0 aromatic rings. The number of ether oxygens (including phenoxy) is 1. The van der Waals surface area contributed by atoms with Crippen LogP contribution in [0.25, 0.3) is 0 Å². The minimum atomic E-state index is -0.822. The lowest BCUT2D eigenvalue weighted by molar-refractivity contribution is -0.147. The van der Waals surface area contributed by atoms with Gasteiger partial charge in [-0.3, -0.25) is 28.9 Å². The van der Waals surface area contributed by atoms with E-state index in [4.69, 9.17) is 4.74 Å². The van der Waals surface area contributed by atoms with E-state index in [0.29, 0.717) is 19.4 Å². The van der Waals surface area contributed by atoms with Crippen molar-refractivity contribution in [1.29, 1.82) is 0 Å². The average molecular weight is 467 g/mol. The number of carbonyl (C=O) groups excluding carboxylic acids is 6. The third-order valence-electron chi connectivity index (χ3n) is 4.84. The number of carbonyl (C=O) groups is 6. The van der Waals surface area contributed by atoms with Crippen LogP contribution in [0, 0.1) is 0 Å². The van der Waals surface area contributed by atoms with Gasteiger partial charge in [0.1, 0.15) is 12.1 Å². The number of hydrogen-bond donors (Lipinski definition) is 3. The number of unbranched alkanes of at least 4 members (excludes halogenated alkanes) is 2. The van der Waals surface area contributed by atoms with Crippen LogP contribution < -0.4 is 16.0 Å². The number of rotatable bonds is 15. The standard InChI is InChI=1S/C22H34N4O7/c1-4-5-14-33-22(32)16(3)25-21(31)15(2)24-18(28)9-7-6-8-17(27)23-12-13-26-19(29)10-11-20(26)30/h10-11,15-16H,4-9,12-14H2,1-3H3,(H,23,27)(H,24,28)(H,25,31)/t15-,16-/m0/s1. The Morgan fingerprint density at radius 3 is 2.12 bits per heavy atom. The van der Waals surface area contributed by atoms with Crippen molar-refractivity contribution in [3.05, 3.63) is 12.2 Å². The van der Waals surface area contributed by atoms with Crippen LogP contribution in [0.1, 0.15) is 59.3 Å². The molecule has 0 aliphatic carbocycles. The van der Waals surface area contributed by atoms with Gasteiger partial charge in [-0.25, -0.2) is 4.79 Å². The largest absolute Gasteiger partial charge is 0.464 e. The highest BCUT2D eigenvalue weighted by molar-refractivity contribution is 6.12. The van der Waals surface area contributed by atoms with E-state index in [2.05, 4.69) is 16.0 Å². The molecule has 11 heteroatoms. The molecule has 11 nitrogen and oxygen atoms in total. The fraction of sp³-hybridized carbons (Fsp3) is 0.636. The van der Waals surface area contributed by atoms with Crippen LogP contribution in [0.4, 0.5) is 0 Å². The molecule has 0 spiro atoms. The quantitative estimate of drug-likeness (QED) is 0.174. The number of esters is 1. The molecule has 33 heavy (non-hydrogen) atoms. The van der Waals surface area contributed by atoms with Crippen molar-refractivity contribution in [2.45, 2.75) is 71.4 Å². The van der Waals surface area contributed by atoms with Crippen molar-refractivity contribution in [2.24, 2.45) is 0 Å². The highest BCUT2D eigenvalue weighted by atomic mass is 16.5. The number of nitrogens with zero attached hydrogens (tertiary/aromatic N) is 1. The maximum Gasteiger partial charge on any atom is 0.328 e. The first-order chi connectivity index (χ1) is 15.6. The molecule has 0 radical (unpaired) electrons. The van der Waals surface area contributed by atoms with E-state index in [0.717, 1.165) is 17.7 Å². The van der Waals surface area contributed by atoms with Gasteiger partial charge in [0.05, 0.1) is 6.61 Å². The Labute approximate surface area is 193 Å². The lowest BCUT2D eigenvalue weighted by atomic mass is 10.1. The molecule has 3 N–H and O–H groups in total. The van der Waals surface area contributed by atoms with Crippen molar-refractivity contribution < 1.29 is 33.5 Å². The molecular formula is C22H34N4O7. The van der Waals surface area contributed by atoms with Crippen LogP contribution in [0.3, 0.4) is 0 Å². The topological polar surface area (TPSA) is 151 Å². The number of nitrogens with one attached hydrogen (secondary N) is 3. The Bertz CT molecular complexity index is 748. The van der Waals surface area contributed by atoms with E-state index in [9.17, 15) is 28.8 Å². The zero-order valence-electron chi connectivity index (χ0n) is 19.5. The first-order valence-corrected chi connectivity index (χ1v) is 11.2. The summed E-state index contributed by atoms with van der Waals surface area (Å²) < 4.78 is 5.04. The van der Waals surface area contributed by atoms with Crippen LogP contribution in [-0.2, 0) is 33.5 Å². The van der Waals surface area contributed by atoms with Gasteiger partial charge in [0.15, 0.2) is 0 Å². The molecule has 1 aliphatic heterocycles. The second-order valence-electron chi connectivity index (χ2n) is 7.76. The van der Waals surface area contributed by atoms with Gasteiger partial charge < -0.3 is 20.7 Å². The summed E-state index contributed by atoms with van der Waals surface area (Å²) in [6.45, 7) is 5.57. The smallest absolute Gasteiger partial charge is 0.328 e. The fourth-order valence-corrected chi connectivity index (χ4v) is 2.84. The van der Waals surface area contributed by atoms with Crippen LogP contribution in [-0.4, -0.2) is 72.2 Å². The zero-order valence-corrected chi connectivity index (χ0v) is 19.5. The lowest BCUT2D eigenvalue weighted by Gasteiger charge is -2.18. The molecule has 0 bridgehead atoms. The van der Waals surface area contributed by atoms with Crippen molar-refractivity contribution >= 4 is 35.5 Å². The molecule has 0 aromatic carbocycles. The Morgan fingerprint density at radius 2 is 1.52 bits per heavy atom. The van der Waals surface area contributed by atoms with Crippen molar-refractivity contribution in [1.82, 2.24) is 20.9 Å². The van der Waals surface area contributed by atoms with Crippen LogP contribution in [0.2, 0.25) is 0 Å². The summed E-state index contributed by atoms with van der Waals surface area (Å²) in [7, 11) is 0. The first kappa shape index (κ1) is 27.8. The van der Waals surface area contributed by atoms with Gasteiger partial charge in [0, 0.05) is 38.1 Å². The molecule has 1 heterocycles. The third-order valence-corrected chi connectivity index (χ3v) is 4.84. The van der Waals surface area contributed by atoms with E-state index in [1.165, 1.54) is 26.0 Å². The van der Waals surface area contributed by atoms with Crippen LogP contribution in [0.15, 0.2) is 12.2 Å². The minimum absolute atomic E-state index is 0.105. The normalized spacial score (nSPS) is 14.6. The zero-order chi connectivity index (χ0) is 24.8. The van der Waals surface area contributed by atoms with Gasteiger partial charge in [-0.15, -0.1) is 0 Å². The molecule has 184 valence electrons. The molecule has 2 atom stereocenters. The third kappa shape index (κ3) is 10.8. The van der Waals surface area contributed by atoms with E-state index in [1.54, 1.807) is 0 Å². The molecule has 0 aromatic heterocycles. The summed E-state index contributed by atoms with van der Waals surface area (Å²) in [5.74, 6) is -2.39. The second kappa shape index (κ2) is 14.8. The van der Waals surface area contributed by atoms with Crippen LogP contribution in [0.5, 0.6) is 0 Å². The summed E-state index contributed by atoms with van der Waals surface area (Å²) in [5, 5.41) is 7.69. The molecule has 5 amide bonds. The molecule has 1 aliphatic rings. The first-order valence-electron chi connectivity index (χ1n) is 11.2. The summed E-state index contributed by atoms with van der Waals surface area (Å²) in [6.07, 6.45) is 5.25. The highest BCUT2D eigenvalue weighted by Gasteiger charge is 2.23. The number of imide groups is 1. The monoisotopic (exact) mass is 466 g/mol. The Hall–Kier alpha value is -3.24. The van der Waals surface area contributed by atoms with Gasteiger partial charge in [-0.05, 0) is 33.1 Å². The van der Waals surface area contributed by atoms with E-state index < -0.39 is 35.8 Å². The van der Waals surface area contributed by atoms with Gasteiger partial charge in [-0.2, -0.15) is 0 Å². The highest BCUT2D eigenvalue weighted by Crippen LogP contribution is 2.03. The van der Waals surface area contributed by atoms with Gasteiger partial charge in [-0.1, -0.05) is 13.3 Å². The van der Waals surface area contributed by atoms with Crippen molar-refractivity contribution in [3.8, 4) is 0 Å². The summed E-state index contributed by atoms with van der Waals surface area (Å²) in [4.78, 5) is 71.6. The summed E-state index contributed by atoms with van der Waals surface area (Å²) in [6, 6.07) is -1.64. The van der Waals surface area contributed by atoms with E-state index in [1.807, 2.05) is 6.92 Å². The van der Waals surface area contributed by atoms with E-state index >= 15 is 0 Å². The molecule has 0 saturated carbocycles. The molecule has 1 rings (SSSR count). The minimum Gasteiger partial charge on any atom is -0.464 e. The molecular weight excluding hydrogens is 432 g/mol. The predicted octanol–water partition coefficient (Wildman–Crippen LogP) is -0.0593. The average Bonchev–Trinajstić information content (AvgIpc) is 3.08. The van der Waals surface area contributed by atoms with Gasteiger partial charge in [0.2, 0.25) is 17.7 Å². The summed E-state index contributed by atoms with van der Waals surface area (Å²) >= 11 is 0. The molecule has 0 saturated heterocycles. The SMILES string of the molecule is CCCCOC(=O)[C@H](C)NC(=O)[C@H](C)NC(=O)CCCCC(=O)NCCN1C(=O)C=CC1=O. The van der Waals surface area contributed by atoms with Crippen LogP contribution >= 0.6 is 0 Å². The number of hydrogen-bond acceptors (Lipinski definition) is 7. The Kier molecular flexibility index (Phi) is 12.4. The molecule has 0 fully saturated rings. The fourth-order valence-electron chi connectivity index (χ4n) is 2.84.